The minimum absolute atomic E-state index is 0.00863. The number of sulfonamides is 1. The molecule has 30 heavy (non-hydrogen) atoms. The molecule has 6 heteroatoms. The Bertz CT molecular complexity index is 1070. The number of rotatable bonds is 7. The third-order valence-corrected chi connectivity index (χ3v) is 7.99. The standard InChI is InChI=1S/C24H28N2O2S2/c1-18(2)19-7-9-23(10-8-19)30(27,28)25-15-24(22-12-14-29-17-22)26-13-11-20-5-3-4-6-21(20)16-26/h3-10,12,14,17-18,24-25H,11,13,15-16H2,1-2H3. The molecule has 1 atom stereocenters. The Balaban J connectivity index is 1.52. The van der Waals surface area contributed by atoms with Gasteiger partial charge in [-0.2, -0.15) is 11.3 Å². The molecule has 1 aliphatic rings. The Morgan fingerprint density at radius 3 is 2.40 bits per heavy atom. The first-order chi connectivity index (χ1) is 14.4. The number of hydrogen-bond acceptors (Lipinski definition) is 4. The highest BCUT2D eigenvalue weighted by atomic mass is 32.2. The van der Waals surface area contributed by atoms with Gasteiger partial charge in [-0.15, -0.1) is 0 Å². The van der Waals surface area contributed by atoms with Gasteiger partial charge in [0.25, 0.3) is 0 Å². The second-order valence-electron chi connectivity index (χ2n) is 8.14. The summed E-state index contributed by atoms with van der Waals surface area (Å²) in [5, 5.41) is 4.18. The van der Waals surface area contributed by atoms with E-state index in [9.17, 15) is 8.42 Å². The Kier molecular flexibility index (Phi) is 6.39. The van der Waals surface area contributed by atoms with Crippen LogP contribution in [0.4, 0.5) is 0 Å². The minimum Gasteiger partial charge on any atom is -0.290 e. The van der Waals surface area contributed by atoms with Crippen LogP contribution in [-0.2, 0) is 23.0 Å². The fourth-order valence-electron chi connectivity index (χ4n) is 4.01. The maximum Gasteiger partial charge on any atom is 0.240 e. The second kappa shape index (κ2) is 9.02. The summed E-state index contributed by atoms with van der Waals surface area (Å²) in [6.45, 7) is 6.31. The van der Waals surface area contributed by atoms with E-state index in [1.165, 1.54) is 11.1 Å². The third-order valence-electron chi connectivity index (χ3n) is 5.85. The lowest BCUT2D eigenvalue weighted by Crippen LogP contribution is -2.40. The van der Waals surface area contributed by atoms with E-state index in [1.54, 1.807) is 23.5 Å². The van der Waals surface area contributed by atoms with Crippen molar-refractivity contribution >= 4 is 21.4 Å². The summed E-state index contributed by atoms with van der Waals surface area (Å²) in [4.78, 5) is 2.70. The highest BCUT2D eigenvalue weighted by Gasteiger charge is 2.27. The number of nitrogens with one attached hydrogen (secondary N) is 1. The normalized spacial score (nSPS) is 15.8. The predicted molar refractivity (Wildman–Crippen MR) is 123 cm³/mol. The van der Waals surface area contributed by atoms with E-state index in [0.717, 1.165) is 30.6 Å². The Labute approximate surface area is 183 Å². The van der Waals surface area contributed by atoms with Gasteiger partial charge in [0.05, 0.1) is 4.90 Å². The van der Waals surface area contributed by atoms with Crippen LogP contribution < -0.4 is 4.72 Å². The van der Waals surface area contributed by atoms with E-state index in [4.69, 9.17) is 0 Å². The van der Waals surface area contributed by atoms with E-state index < -0.39 is 10.0 Å². The molecular weight excluding hydrogens is 412 g/mol. The highest BCUT2D eigenvalue weighted by molar-refractivity contribution is 7.89. The lowest BCUT2D eigenvalue weighted by atomic mass is 9.97. The molecule has 0 bridgehead atoms. The molecule has 0 spiro atoms. The summed E-state index contributed by atoms with van der Waals surface area (Å²) < 4.78 is 28.8. The van der Waals surface area contributed by atoms with E-state index in [-0.39, 0.29) is 6.04 Å². The number of benzene rings is 2. The quantitative estimate of drug-likeness (QED) is 0.566. The van der Waals surface area contributed by atoms with Gasteiger partial charge in [-0.25, -0.2) is 13.1 Å². The fourth-order valence-corrected chi connectivity index (χ4v) is 5.76. The van der Waals surface area contributed by atoms with Gasteiger partial charge in [0, 0.05) is 25.7 Å². The lowest BCUT2D eigenvalue weighted by Gasteiger charge is -2.35. The maximum absolute atomic E-state index is 12.9. The summed E-state index contributed by atoms with van der Waals surface area (Å²) in [5.41, 5.74) is 5.02. The Hall–Kier alpha value is -1.99. The van der Waals surface area contributed by atoms with Crippen molar-refractivity contribution in [2.45, 2.75) is 43.7 Å². The third kappa shape index (κ3) is 4.67. The second-order valence-corrected chi connectivity index (χ2v) is 10.7. The summed E-state index contributed by atoms with van der Waals surface area (Å²) in [6, 6.07) is 17.8. The summed E-state index contributed by atoms with van der Waals surface area (Å²) in [5.74, 6) is 0.375. The zero-order chi connectivity index (χ0) is 21.1. The van der Waals surface area contributed by atoms with Crippen LogP contribution in [0.15, 0.2) is 70.3 Å². The van der Waals surface area contributed by atoms with Crippen LogP contribution in [0.5, 0.6) is 0 Å². The fraction of sp³-hybridized carbons (Fsp3) is 0.333. The van der Waals surface area contributed by atoms with Gasteiger partial charge in [0.2, 0.25) is 10.0 Å². The highest BCUT2D eigenvalue weighted by Crippen LogP contribution is 2.29. The Morgan fingerprint density at radius 2 is 1.73 bits per heavy atom. The van der Waals surface area contributed by atoms with Crippen LogP contribution in [0.25, 0.3) is 0 Å². The molecule has 0 radical (unpaired) electrons. The molecule has 4 rings (SSSR count). The van der Waals surface area contributed by atoms with Crippen molar-refractivity contribution in [2.24, 2.45) is 0 Å². The van der Waals surface area contributed by atoms with E-state index >= 15 is 0 Å². The van der Waals surface area contributed by atoms with Gasteiger partial charge in [-0.05, 0) is 63.6 Å². The van der Waals surface area contributed by atoms with Crippen LogP contribution in [-0.4, -0.2) is 26.4 Å². The number of hydrogen-bond donors (Lipinski definition) is 1. The molecule has 158 valence electrons. The van der Waals surface area contributed by atoms with Crippen molar-refractivity contribution < 1.29 is 8.42 Å². The minimum atomic E-state index is -3.56. The van der Waals surface area contributed by atoms with Crippen molar-refractivity contribution in [3.8, 4) is 0 Å². The Morgan fingerprint density at radius 1 is 1.00 bits per heavy atom. The van der Waals surface area contributed by atoms with Crippen LogP contribution >= 0.6 is 11.3 Å². The van der Waals surface area contributed by atoms with Crippen LogP contribution in [0.1, 0.15) is 48.1 Å². The van der Waals surface area contributed by atoms with Gasteiger partial charge in [0.15, 0.2) is 0 Å². The van der Waals surface area contributed by atoms with E-state index in [1.807, 2.05) is 12.1 Å². The molecule has 0 amide bonds. The maximum atomic E-state index is 12.9. The van der Waals surface area contributed by atoms with Crippen LogP contribution in [0.2, 0.25) is 0 Å². The van der Waals surface area contributed by atoms with E-state index in [2.05, 4.69) is 64.6 Å². The molecule has 0 saturated heterocycles. The predicted octanol–water partition coefficient (Wildman–Crippen LogP) is 4.95. The average molecular weight is 441 g/mol. The van der Waals surface area contributed by atoms with E-state index in [0.29, 0.717) is 17.4 Å². The molecule has 1 N–H and O–H groups in total. The molecule has 1 aromatic heterocycles. The molecule has 2 aromatic carbocycles. The average Bonchev–Trinajstić information content (AvgIpc) is 3.28. The van der Waals surface area contributed by atoms with Gasteiger partial charge in [-0.1, -0.05) is 50.2 Å². The summed E-state index contributed by atoms with van der Waals surface area (Å²) >= 11 is 1.65. The molecule has 2 heterocycles. The van der Waals surface area contributed by atoms with Gasteiger partial charge in [-0.3, -0.25) is 4.90 Å². The van der Waals surface area contributed by atoms with Crippen molar-refractivity contribution in [2.75, 3.05) is 13.1 Å². The number of thiophene rings is 1. The summed E-state index contributed by atoms with van der Waals surface area (Å²) in [7, 11) is -3.56. The largest absolute Gasteiger partial charge is 0.290 e. The van der Waals surface area contributed by atoms with Gasteiger partial charge < -0.3 is 0 Å². The molecule has 0 aliphatic carbocycles. The monoisotopic (exact) mass is 440 g/mol. The first-order valence-corrected chi connectivity index (χ1v) is 12.8. The van der Waals surface area contributed by atoms with Crippen LogP contribution in [0, 0.1) is 0 Å². The van der Waals surface area contributed by atoms with Gasteiger partial charge >= 0.3 is 0 Å². The van der Waals surface area contributed by atoms with Gasteiger partial charge in [0.1, 0.15) is 0 Å². The zero-order valence-electron chi connectivity index (χ0n) is 17.4. The molecule has 1 unspecified atom stereocenters. The SMILES string of the molecule is CC(C)c1ccc(S(=O)(=O)NCC(c2ccsc2)N2CCc3ccccc3C2)cc1. The molecular formula is C24H28N2O2S2. The molecule has 4 nitrogen and oxygen atoms in total. The number of nitrogens with zero attached hydrogens (tertiary/aromatic N) is 1. The zero-order valence-corrected chi connectivity index (χ0v) is 19.0. The molecule has 1 aliphatic heterocycles. The first kappa shape index (κ1) is 21.2. The van der Waals surface area contributed by atoms with Crippen molar-refractivity contribution in [3.63, 3.8) is 0 Å². The molecule has 3 aromatic rings. The van der Waals surface area contributed by atoms with Crippen molar-refractivity contribution in [1.82, 2.24) is 9.62 Å². The smallest absolute Gasteiger partial charge is 0.240 e. The molecule has 0 fully saturated rings. The first-order valence-electron chi connectivity index (χ1n) is 10.4. The van der Waals surface area contributed by atoms with Crippen LogP contribution in [0.3, 0.4) is 0 Å². The molecule has 0 saturated carbocycles. The topological polar surface area (TPSA) is 49.4 Å². The lowest BCUT2D eigenvalue weighted by molar-refractivity contribution is 0.181. The van der Waals surface area contributed by atoms with Crippen molar-refractivity contribution in [3.05, 3.63) is 87.6 Å². The summed E-state index contributed by atoms with van der Waals surface area (Å²) in [6.07, 6.45) is 0.986. The van der Waals surface area contributed by atoms with Crippen molar-refractivity contribution in [1.29, 1.82) is 0 Å². The number of fused-ring (bicyclic) bond motifs is 1.